The monoisotopic (exact) mass is 501 g/mol. The summed E-state index contributed by atoms with van der Waals surface area (Å²) in [4.78, 5) is 51.2. The number of rotatable bonds is 6. The molecule has 2 heterocycles. The van der Waals surface area contributed by atoms with Crippen LogP contribution in [0.15, 0.2) is 72.8 Å². The highest BCUT2D eigenvalue weighted by atomic mass is 16.6. The maximum atomic E-state index is 13.5. The number of ether oxygens (including phenoxy) is 1. The highest BCUT2D eigenvalue weighted by Crippen LogP contribution is 2.45. The molecular formula is C28H27N3O6. The van der Waals surface area contributed by atoms with E-state index < -0.39 is 22.4 Å². The number of nitro groups is 1. The maximum absolute atomic E-state index is 13.5. The number of carbonyl (C=O) groups is 3. The molecule has 4 unspecified atom stereocenters. The van der Waals surface area contributed by atoms with Crippen molar-refractivity contribution in [1.82, 2.24) is 5.32 Å². The Morgan fingerprint density at radius 3 is 2.68 bits per heavy atom. The predicted molar refractivity (Wildman–Crippen MR) is 136 cm³/mol. The molecule has 1 N–H and O–H groups in total. The van der Waals surface area contributed by atoms with Crippen LogP contribution in [0, 0.1) is 21.4 Å². The first-order valence-electron chi connectivity index (χ1n) is 12.4. The van der Waals surface area contributed by atoms with Gasteiger partial charge in [-0.05, 0) is 36.6 Å². The molecule has 37 heavy (non-hydrogen) atoms. The lowest BCUT2D eigenvalue weighted by atomic mass is 9.69. The van der Waals surface area contributed by atoms with Gasteiger partial charge < -0.3 is 9.64 Å². The molecule has 0 aromatic heterocycles. The van der Waals surface area contributed by atoms with Crippen LogP contribution in [0.3, 0.4) is 0 Å². The number of allylic oxidation sites excluding steroid dienone is 2. The third-order valence-electron chi connectivity index (χ3n) is 7.45. The van der Waals surface area contributed by atoms with Crippen molar-refractivity contribution in [3.63, 3.8) is 0 Å². The lowest BCUT2D eigenvalue weighted by molar-refractivity contribution is -0.384. The fraction of sp³-hybridized carbons (Fsp3) is 0.321. The van der Waals surface area contributed by atoms with Crippen LogP contribution in [0.2, 0.25) is 0 Å². The minimum atomic E-state index is -1.10. The second kappa shape index (κ2) is 9.74. The van der Waals surface area contributed by atoms with Crippen LogP contribution in [0.1, 0.15) is 35.7 Å². The molecule has 3 aliphatic rings. The SMILES string of the molecule is CCC(OC1CCN(C(=O)c2ccc([N+](=O)[O-])cc2)c2ccccc2C1)C12C=CC=CC1C(=O)NC2=O. The van der Waals surface area contributed by atoms with Crippen molar-refractivity contribution in [2.45, 2.75) is 38.4 Å². The Hall–Kier alpha value is -4.11. The Bertz CT molecular complexity index is 1320. The molecule has 2 aliphatic heterocycles. The van der Waals surface area contributed by atoms with Crippen molar-refractivity contribution in [2.75, 3.05) is 11.4 Å². The van der Waals surface area contributed by atoms with Gasteiger partial charge in [0.05, 0.1) is 23.0 Å². The number of hydrogen-bond acceptors (Lipinski definition) is 6. The van der Waals surface area contributed by atoms with Crippen LogP contribution in [-0.4, -0.2) is 41.4 Å². The Labute approximate surface area is 213 Å². The molecule has 9 nitrogen and oxygen atoms in total. The largest absolute Gasteiger partial charge is 0.373 e. The molecule has 5 rings (SSSR count). The molecule has 1 aliphatic carbocycles. The molecule has 3 amide bonds. The van der Waals surface area contributed by atoms with E-state index in [0.717, 1.165) is 11.3 Å². The quantitative estimate of drug-likeness (QED) is 0.366. The van der Waals surface area contributed by atoms with E-state index in [-0.39, 0.29) is 29.5 Å². The molecule has 190 valence electrons. The van der Waals surface area contributed by atoms with Crippen molar-refractivity contribution in [3.05, 3.63) is 94.1 Å². The summed E-state index contributed by atoms with van der Waals surface area (Å²) in [6.07, 6.45) is 7.84. The van der Waals surface area contributed by atoms with Crippen LogP contribution in [0.25, 0.3) is 0 Å². The lowest BCUT2D eigenvalue weighted by Crippen LogP contribution is -2.47. The fourth-order valence-electron chi connectivity index (χ4n) is 5.60. The summed E-state index contributed by atoms with van der Waals surface area (Å²) in [7, 11) is 0. The zero-order valence-corrected chi connectivity index (χ0v) is 20.3. The molecular weight excluding hydrogens is 474 g/mol. The molecule has 1 saturated heterocycles. The number of imide groups is 1. The number of fused-ring (bicyclic) bond motifs is 2. The second-order valence-corrected chi connectivity index (χ2v) is 9.51. The van der Waals surface area contributed by atoms with Gasteiger partial charge in [0.1, 0.15) is 5.41 Å². The van der Waals surface area contributed by atoms with Crippen molar-refractivity contribution >= 4 is 29.1 Å². The second-order valence-electron chi connectivity index (χ2n) is 9.51. The standard InChI is InChI=1S/C28H27N3O6/c1-2-24(28-15-6-5-8-22(28)25(32)29-27(28)34)37-21-14-16-30(23-9-4-3-7-19(23)17-21)26(33)18-10-12-20(13-11-18)31(35)36/h3-13,15,21-22,24H,2,14,16-17H2,1H3,(H,29,32,34). The number of non-ortho nitro benzene ring substituents is 1. The summed E-state index contributed by atoms with van der Waals surface area (Å²) >= 11 is 0. The van der Waals surface area contributed by atoms with E-state index in [1.165, 1.54) is 24.3 Å². The first-order valence-corrected chi connectivity index (χ1v) is 12.4. The smallest absolute Gasteiger partial charge is 0.269 e. The van der Waals surface area contributed by atoms with E-state index in [1.54, 1.807) is 29.2 Å². The van der Waals surface area contributed by atoms with Gasteiger partial charge in [-0.3, -0.25) is 29.8 Å². The highest BCUT2D eigenvalue weighted by molar-refractivity contribution is 6.10. The van der Waals surface area contributed by atoms with Gasteiger partial charge in [0.2, 0.25) is 11.8 Å². The number of para-hydroxylation sites is 1. The number of amides is 3. The summed E-state index contributed by atoms with van der Waals surface area (Å²) in [5.41, 5.74) is 0.866. The van der Waals surface area contributed by atoms with Gasteiger partial charge in [-0.15, -0.1) is 0 Å². The van der Waals surface area contributed by atoms with Crippen LogP contribution in [0.5, 0.6) is 0 Å². The van der Waals surface area contributed by atoms with Crippen LogP contribution >= 0.6 is 0 Å². The predicted octanol–water partition coefficient (Wildman–Crippen LogP) is 3.74. The fourth-order valence-corrected chi connectivity index (χ4v) is 5.60. The van der Waals surface area contributed by atoms with Crippen molar-refractivity contribution < 1.29 is 24.0 Å². The van der Waals surface area contributed by atoms with Crippen molar-refractivity contribution in [1.29, 1.82) is 0 Å². The van der Waals surface area contributed by atoms with Gasteiger partial charge >= 0.3 is 0 Å². The van der Waals surface area contributed by atoms with E-state index in [0.29, 0.717) is 31.4 Å². The van der Waals surface area contributed by atoms with E-state index in [4.69, 9.17) is 4.74 Å². The Kier molecular flexibility index (Phi) is 6.47. The van der Waals surface area contributed by atoms with Gasteiger partial charge in [-0.25, -0.2) is 0 Å². The van der Waals surface area contributed by atoms with E-state index in [2.05, 4.69) is 5.32 Å². The van der Waals surface area contributed by atoms with Crippen molar-refractivity contribution in [3.8, 4) is 0 Å². The number of nitrogens with zero attached hydrogens (tertiary/aromatic N) is 2. The molecule has 0 saturated carbocycles. The van der Waals surface area contributed by atoms with E-state index in [1.807, 2.05) is 31.2 Å². The number of nitro benzene ring substituents is 1. The molecule has 1 fully saturated rings. The Balaban J connectivity index is 1.41. The van der Waals surface area contributed by atoms with Gasteiger partial charge in [0.25, 0.3) is 11.6 Å². The first-order chi connectivity index (χ1) is 17.8. The molecule has 9 heteroatoms. The summed E-state index contributed by atoms with van der Waals surface area (Å²) in [6, 6.07) is 13.2. The summed E-state index contributed by atoms with van der Waals surface area (Å²) in [5.74, 6) is -1.54. The highest BCUT2D eigenvalue weighted by Gasteiger charge is 2.58. The molecule has 4 atom stereocenters. The topological polar surface area (TPSA) is 119 Å². The molecule has 2 aromatic carbocycles. The van der Waals surface area contributed by atoms with Gasteiger partial charge in [0.15, 0.2) is 0 Å². The lowest BCUT2D eigenvalue weighted by Gasteiger charge is -2.38. The van der Waals surface area contributed by atoms with E-state index >= 15 is 0 Å². The number of hydrogen-bond donors (Lipinski definition) is 1. The normalized spacial score (nSPS) is 25.2. The number of anilines is 1. The average Bonchev–Trinajstić information content (AvgIpc) is 3.05. The zero-order chi connectivity index (χ0) is 26.2. The molecule has 0 bridgehead atoms. The van der Waals surface area contributed by atoms with Crippen LogP contribution in [0.4, 0.5) is 11.4 Å². The van der Waals surface area contributed by atoms with Crippen LogP contribution < -0.4 is 10.2 Å². The molecule has 0 spiro atoms. The summed E-state index contributed by atoms with van der Waals surface area (Å²) in [5, 5.41) is 13.5. The summed E-state index contributed by atoms with van der Waals surface area (Å²) in [6.45, 7) is 2.30. The number of benzene rings is 2. The first kappa shape index (κ1) is 24.6. The number of carbonyl (C=O) groups excluding carboxylic acids is 3. The molecule has 0 radical (unpaired) electrons. The summed E-state index contributed by atoms with van der Waals surface area (Å²) < 4.78 is 6.61. The Morgan fingerprint density at radius 1 is 1.19 bits per heavy atom. The third kappa shape index (κ3) is 4.25. The van der Waals surface area contributed by atoms with Gasteiger partial charge in [-0.2, -0.15) is 0 Å². The third-order valence-corrected chi connectivity index (χ3v) is 7.45. The average molecular weight is 502 g/mol. The van der Waals surface area contributed by atoms with Crippen LogP contribution in [-0.2, 0) is 20.7 Å². The van der Waals surface area contributed by atoms with E-state index in [9.17, 15) is 24.5 Å². The molecule has 2 aromatic rings. The maximum Gasteiger partial charge on any atom is 0.269 e. The van der Waals surface area contributed by atoms with Gasteiger partial charge in [0, 0.05) is 36.3 Å². The number of nitrogens with one attached hydrogen (secondary N) is 1. The van der Waals surface area contributed by atoms with Crippen molar-refractivity contribution in [2.24, 2.45) is 11.3 Å². The zero-order valence-electron chi connectivity index (χ0n) is 20.3. The van der Waals surface area contributed by atoms with Gasteiger partial charge in [-0.1, -0.05) is 49.4 Å². The minimum Gasteiger partial charge on any atom is -0.373 e. The minimum absolute atomic E-state index is 0.0781. The Morgan fingerprint density at radius 2 is 1.95 bits per heavy atom.